The molecular formula is C25H37NO9. The average Bonchev–Trinajstić information content (AvgIpc) is 3.36. The predicted octanol–water partition coefficient (Wildman–Crippen LogP) is 2.32. The summed E-state index contributed by atoms with van der Waals surface area (Å²) in [4.78, 5) is 26.4. The molecule has 1 N–H and O–H groups in total. The Morgan fingerprint density at radius 2 is 1.34 bits per heavy atom. The number of hydrogen-bond donors (Lipinski definition) is 1. The molecule has 3 saturated heterocycles. The molecule has 3 fully saturated rings. The lowest BCUT2D eigenvalue weighted by Crippen LogP contribution is -2.44. The van der Waals surface area contributed by atoms with Crippen LogP contribution in [0.1, 0.15) is 55.4 Å². The molecule has 0 aliphatic carbocycles. The zero-order chi connectivity index (χ0) is 25.7. The van der Waals surface area contributed by atoms with E-state index in [4.69, 9.17) is 33.2 Å². The highest BCUT2D eigenvalue weighted by Gasteiger charge is 2.62. The third-order valence-electron chi connectivity index (χ3n) is 6.65. The molecule has 0 aromatic heterocycles. The molecule has 4 aliphatic rings. The largest absolute Gasteiger partial charge is 0.463 e. The summed E-state index contributed by atoms with van der Waals surface area (Å²) in [6.45, 7) is 15.1. The Labute approximate surface area is 206 Å². The molecule has 0 aromatic carbocycles. The lowest BCUT2D eigenvalue weighted by molar-refractivity contribution is -0.209. The van der Waals surface area contributed by atoms with E-state index in [-0.39, 0.29) is 13.2 Å². The van der Waals surface area contributed by atoms with E-state index in [1.807, 2.05) is 27.7 Å². The SMILES string of the molecule is CCOC(=O)C1=C(C)NC(C)=C(C(=O)OCC)C1[C@H]1O[C@H]([C@H]2COC(C)(C)O2)[C@@H]2OC(C)(C)O[C@@H]21. The van der Waals surface area contributed by atoms with Gasteiger partial charge in [-0.3, -0.25) is 0 Å². The van der Waals surface area contributed by atoms with E-state index in [2.05, 4.69) is 5.32 Å². The highest BCUT2D eigenvalue weighted by atomic mass is 16.8. The van der Waals surface area contributed by atoms with Crippen LogP contribution < -0.4 is 5.32 Å². The first-order valence-electron chi connectivity index (χ1n) is 12.2. The van der Waals surface area contributed by atoms with Gasteiger partial charge in [-0.15, -0.1) is 0 Å². The van der Waals surface area contributed by atoms with Crippen molar-refractivity contribution in [1.82, 2.24) is 5.32 Å². The van der Waals surface area contributed by atoms with Gasteiger partial charge in [0.15, 0.2) is 11.6 Å². The molecule has 4 aliphatic heterocycles. The second-order valence-electron chi connectivity index (χ2n) is 10.1. The van der Waals surface area contributed by atoms with Crippen molar-refractivity contribution < 1.29 is 42.7 Å². The molecule has 10 heteroatoms. The minimum absolute atomic E-state index is 0.189. The summed E-state index contributed by atoms with van der Waals surface area (Å²) in [5, 5.41) is 3.15. The van der Waals surface area contributed by atoms with E-state index in [9.17, 15) is 9.59 Å². The van der Waals surface area contributed by atoms with Gasteiger partial charge in [0.2, 0.25) is 0 Å². The fraction of sp³-hybridized carbons (Fsp3) is 0.760. The summed E-state index contributed by atoms with van der Waals surface area (Å²) >= 11 is 0. The molecule has 0 saturated carbocycles. The Bertz CT molecular complexity index is 897. The maximum atomic E-state index is 13.2. The molecule has 35 heavy (non-hydrogen) atoms. The Morgan fingerprint density at radius 1 is 0.829 bits per heavy atom. The second-order valence-corrected chi connectivity index (χ2v) is 10.1. The molecule has 4 rings (SSSR count). The van der Waals surface area contributed by atoms with Gasteiger partial charge >= 0.3 is 11.9 Å². The number of nitrogens with one attached hydrogen (secondary N) is 1. The average molecular weight is 496 g/mol. The van der Waals surface area contributed by atoms with Crippen LogP contribution in [0, 0.1) is 5.92 Å². The minimum atomic E-state index is -0.886. The highest BCUT2D eigenvalue weighted by Crippen LogP contribution is 2.48. The highest BCUT2D eigenvalue weighted by molar-refractivity contribution is 5.98. The molecule has 196 valence electrons. The van der Waals surface area contributed by atoms with E-state index in [0.717, 1.165) is 0 Å². The van der Waals surface area contributed by atoms with Crippen LogP contribution in [0.5, 0.6) is 0 Å². The molecule has 4 heterocycles. The number of hydrogen-bond acceptors (Lipinski definition) is 10. The topological polar surface area (TPSA) is 111 Å². The number of esters is 2. The van der Waals surface area contributed by atoms with Crippen molar-refractivity contribution in [3.8, 4) is 0 Å². The van der Waals surface area contributed by atoms with Crippen LogP contribution in [-0.4, -0.2) is 73.9 Å². The number of carbonyl (C=O) groups excluding carboxylic acids is 2. The third-order valence-corrected chi connectivity index (χ3v) is 6.65. The Balaban J connectivity index is 1.78. The summed E-state index contributed by atoms with van der Waals surface area (Å²) in [5.74, 6) is -3.49. The molecule has 0 amide bonds. The van der Waals surface area contributed by atoms with Crippen LogP contribution in [0.25, 0.3) is 0 Å². The van der Waals surface area contributed by atoms with Gasteiger partial charge < -0.3 is 38.5 Å². The third kappa shape index (κ3) is 4.86. The van der Waals surface area contributed by atoms with Gasteiger partial charge in [-0.2, -0.15) is 0 Å². The van der Waals surface area contributed by atoms with Crippen molar-refractivity contribution in [3.63, 3.8) is 0 Å². The summed E-state index contributed by atoms with van der Waals surface area (Å²) in [5.41, 5.74) is 1.79. The van der Waals surface area contributed by atoms with Crippen LogP contribution in [0.2, 0.25) is 0 Å². The van der Waals surface area contributed by atoms with Crippen molar-refractivity contribution in [3.05, 3.63) is 22.5 Å². The number of carbonyl (C=O) groups is 2. The number of allylic oxidation sites excluding steroid dienone is 2. The van der Waals surface area contributed by atoms with Crippen LogP contribution in [0.15, 0.2) is 22.5 Å². The fourth-order valence-electron chi connectivity index (χ4n) is 5.44. The molecular weight excluding hydrogens is 458 g/mol. The molecule has 0 radical (unpaired) electrons. The summed E-state index contributed by atoms with van der Waals surface area (Å²) < 4.78 is 41.8. The lowest BCUT2D eigenvalue weighted by Gasteiger charge is -2.35. The van der Waals surface area contributed by atoms with Crippen molar-refractivity contribution in [2.24, 2.45) is 5.92 Å². The molecule has 0 aromatic rings. The maximum Gasteiger partial charge on any atom is 0.336 e. The normalized spacial score (nSPS) is 34.1. The number of ether oxygens (including phenoxy) is 7. The zero-order valence-corrected chi connectivity index (χ0v) is 21.8. The van der Waals surface area contributed by atoms with Gasteiger partial charge in [-0.1, -0.05) is 0 Å². The quantitative estimate of drug-likeness (QED) is 0.551. The molecule has 10 nitrogen and oxygen atoms in total. The molecule has 0 unspecified atom stereocenters. The number of dihydropyridines is 1. The van der Waals surface area contributed by atoms with Gasteiger partial charge in [-0.25, -0.2) is 9.59 Å². The minimum Gasteiger partial charge on any atom is -0.463 e. The summed E-state index contributed by atoms with van der Waals surface area (Å²) in [7, 11) is 0. The first-order valence-corrected chi connectivity index (χ1v) is 12.2. The van der Waals surface area contributed by atoms with Crippen molar-refractivity contribution >= 4 is 11.9 Å². The standard InChI is InChI=1S/C25H37NO9/c1-9-29-22(27)15-12(3)26-13(4)16(23(28)30-10-2)17(15)19-21-20(34-25(7,8)35-21)18(32-19)14-11-31-24(5,6)33-14/h14,17-21,26H,9-11H2,1-8H3/t14-,18-,19-,20+,21-/m1/s1. The lowest BCUT2D eigenvalue weighted by atomic mass is 9.79. The smallest absolute Gasteiger partial charge is 0.336 e. The van der Waals surface area contributed by atoms with Crippen LogP contribution >= 0.6 is 0 Å². The van der Waals surface area contributed by atoms with Crippen molar-refractivity contribution in [1.29, 1.82) is 0 Å². The Hall–Kier alpha value is -1.98. The predicted molar refractivity (Wildman–Crippen MR) is 123 cm³/mol. The Morgan fingerprint density at radius 3 is 1.80 bits per heavy atom. The fourth-order valence-corrected chi connectivity index (χ4v) is 5.44. The first kappa shape index (κ1) is 26.1. The maximum absolute atomic E-state index is 13.2. The number of rotatable bonds is 6. The van der Waals surface area contributed by atoms with Gasteiger partial charge in [0, 0.05) is 11.4 Å². The van der Waals surface area contributed by atoms with E-state index in [1.165, 1.54) is 0 Å². The summed E-state index contributed by atoms with van der Waals surface area (Å²) in [6.07, 6.45) is -2.73. The van der Waals surface area contributed by atoms with Gasteiger partial charge in [0.25, 0.3) is 0 Å². The second kappa shape index (κ2) is 9.48. The number of fused-ring (bicyclic) bond motifs is 1. The van der Waals surface area contributed by atoms with E-state index >= 15 is 0 Å². The molecule has 0 bridgehead atoms. The van der Waals surface area contributed by atoms with Crippen molar-refractivity contribution in [2.75, 3.05) is 19.8 Å². The Kier molecular flexibility index (Phi) is 7.07. The first-order chi connectivity index (χ1) is 16.4. The van der Waals surface area contributed by atoms with Gasteiger partial charge in [0.05, 0.1) is 43.0 Å². The zero-order valence-electron chi connectivity index (χ0n) is 21.8. The van der Waals surface area contributed by atoms with Gasteiger partial charge in [-0.05, 0) is 55.4 Å². The molecule has 5 atom stereocenters. The van der Waals surface area contributed by atoms with E-state index < -0.39 is 60.0 Å². The van der Waals surface area contributed by atoms with Gasteiger partial charge in [0.1, 0.15) is 24.4 Å². The monoisotopic (exact) mass is 495 g/mol. The summed E-state index contributed by atoms with van der Waals surface area (Å²) in [6, 6.07) is 0. The van der Waals surface area contributed by atoms with E-state index in [0.29, 0.717) is 29.1 Å². The van der Waals surface area contributed by atoms with Crippen LogP contribution in [0.3, 0.4) is 0 Å². The van der Waals surface area contributed by atoms with Crippen molar-refractivity contribution in [2.45, 2.75) is 97.5 Å². The van der Waals surface area contributed by atoms with Crippen LogP contribution in [-0.2, 0) is 42.7 Å². The molecule has 0 spiro atoms. The van der Waals surface area contributed by atoms with E-state index in [1.54, 1.807) is 27.7 Å². The van der Waals surface area contributed by atoms with Crippen LogP contribution in [0.4, 0.5) is 0 Å².